The van der Waals surface area contributed by atoms with Crippen molar-refractivity contribution in [2.45, 2.75) is 19.4 Å². The molecular weight excluding hydrogens is 406 g/mol. The van der Waals surface area contributed by atoms with Gasteiger partial charge in [-0.15, -0.1) is 0 Å². The molecule has 0 bridgehead atoms. The number of morpholine rings is 1. The molecule has 1 unspecified atom stereocenters. The Hall–Kier alpha value is -2.84. The Morgan fingerprint density at radius 1 is 1.40 bits per heavy atom. The monoisotopic (exact) mass is 429 g/mol. The summed E-state index contributed by atoms with van der Waals surface area (Å²) in [6.07, 6.45) is 2.00. The maximum Gasteiger partial charge on any atom is 0.257 e. The second kappa shape index (κ2) is 8.89. The molecule has 8 nitrogen and oxygen atoms in total. The molecule has 1 saturated heterocycles. The van der Waals surface area contributed by atoms with E-state index in [1.54, 1.807) is 21.8 Å². The van der Waals surface area contributed by atoms with Gasteiger partial charge in [-0.3, -0.25) is 14.6 Å². The Morgan fingerprint density at radius 2 is 2.23 bits per heavy atom. The van der Waals surface area contributed by atoms with Crippen molar-refractivity contribution in [3.05, 3.63) is 64.2 Å². The van der Waals surface area contributed by atoms with Crippen LogP contribution in [0.5, 0.6) is 5.75 Å². The van der Waals surface area contributed by atoms with E-state index in [1.807, 2.05) is 38.2 Å². The summed E-state index contributed by atoms with van der Waals surface area (Å²) >= 11 is 6.11. The van der Waals surface area contributed by atoms with Crippen molar-refractivity contribution in [1.29, 1.82) is 0 Å². The number of hydrogen-bond acceptors (Lipinski definition) is 5. The normalized spacial score (nSPS) is 16.6. The van der Waals surface area contributed by atoms with Crippen molar-refractivity contribution < 1.29 is 14.3 Å². The van der Waals surface area contributed by atoms with E-state index in [9.17, 15) is 4.79 Å². The zero-order valence-corrected chi connectivity index (χ0v) is 17.7. The molecular formula is C21H24ClN5O3. The third kappa shape index (κ3) is 4.34. The number of nitrogens with zero attached hydrogens (tertiary/aromatic N) is 4. The zero-order valence-electron chi connectivity index (χ0n) is 17.0. The highest BCUT2D eigenvalue weighted by molar-refractivity contribution is 6.32. The van der Waals surface area contributed by atoms with Crippen LogP contribution in [-0.2, 0) is 18.2 Å². The summed E-state index contributed by atoms with van der Waals surface area (Å²) in [5, 5.41) is 12.2. The summed E-state index contributed by atoms with van der Waals surface area (Å²) in [7, 11) is 1.83. The number of aryl methyl sites for hydroxylation is 1. The van der Waals surface area contributed by atoms with Crippen molar-refractivity contribution in [2.75, 3.05) is 26.3 Å². The Kier molecular flexibility index (Phi) is 6.06. The Bertz CT molecular complexity index is 1030. The van der Waals surface area contributed by atoms with E-state index in [4.69, 9.17) is 21.1 Å². The number of aromatic amines is 1. The first-order chi connectivity index (χ1) is 14.5. The molecule has 0 aliphatic carbocycles. The number of amides is 1. The number of para-hydroxylation sites is 1. The molecule has 1 N–H and O–H groups in total. The van der Waals surface area contributed by atoms with Crippen molar-refractivity contribution in [2.24, 2.45) is 7.05 Å². The number of carbonyl (C=O) groups is 1. The average molecular weight is 430 g/mol. The highest BCUT2D eigenvalue weighted by atomic mass is 35.5. The minimum atomic E-state index is -0.269. The smallest absolute Gasteiger partial charge is 0.257 e. The summed E-state index contributed by atoms with van der Waals surface area (Å²) < 4.78 is 13.3. The maximum absolute atomic E-state index is 12.9. The van der Waals surface area contributed by atoms with Crippen molar-refractivity contribution >= 4 is 17.5 Å². The molecule has 1 atom stereocenters. The molecule has 0 spiro atoms. The molecule has 3 aromatic rings. The first-order valence-electron chi connectivity index (χ1n) is 9.84. The zero-order chi connectivity index (χ0) is 21.1. The second-order valence-corrected chi connectivity index (χ2v) is 7.63. The highest BCUT2D eigenvalue weighted by Gasteiger charge is 2.29. The highest BCUT2D eigenvalue weighted by Crippen LogP contribution is 2.25. The van der Waals surface area contributed by atoms with Gasteiger partial charge in [-0.25, -0.2) is 0 Å². The molecule has 1 amide bonds. The van der Waals surface area contributed by atoms with Gasteiger partial charge < -0.3 is 14.4 Å². The number of halogens is 1. The largest absolute Gasteiger partial charge is 0.492 e. The van der Waals surface area contributed by atoms with Crippen LogP contribution in [0.15, 0.2) is 36.5 Å². The fraction of sp³-hybridized carbons (Fsp3) is 0.381. The summed E-state index contributed by atoms with van der Waals surface area (Å²) in [5.41, 5.74) is 3.19. The minimum Gasteiger partial charge on any atom is -0.492 e. The fourth-order valence-electron chi connectivity index (χ4n) is 3.40. The van der Waals surface area contributed by atoms with Crippen LogP contribution < -0.4 is 4.74 Å². The van der Waals surface area contributed by atoms with E-state index in [0.29, 0.717) is 49.1 Å². The molecule has 4 rings (SSSR count). The lowest BCUT2D eigenvalue weighted by Gasteiger charge is -2.32. The van der Waals surface area contributed by atoms with Crippen LogP contribution in [0.4, 0.5) is 0 Å². The predicted molar refractivity (Wildman–Crippen MR) is 112 cm³/mol. The molecule has 1 aliphatic heterocycles. The third-order valence-electron chi connectivity index (χ3n) is 5.27. The van der Waals surface area contributed by atoms with E-state index in [2.05, 4.69) is 15.3 Å². The molecule has 158 valence electrons. The number of hydrogen-bond donors (Lipinski definition) is 1. The van der Waals surface area contributed by atoms with Crippen LogP contribution in [0.2, 0.25) is 5.02 Å². The predicted octanol–water partition coefficient (Wildman–Crippen LogP) is 2.94. The second-order valence-electron chi connectivity index (χ2n) is 7.22. The number of H-pyrrole nitrogens is 1. The SMILES string of the molecule is Cc1c(C(=O)N2CCOC(c3cc(CCOc4ccccc4Cl)[nH]n3)C2)cnn1C. The van der Waals surface area contributed by atoms with Crippen molar-refractivity contribution in [1.82, 2.24) is 24.9 Å². The minimum absolute atomic E-state index is 0.0298. The molecule has 30 heavy (non-hydrogen) atoms. The van der Waals surface area contributed by atoms with Gasteiger partial charge in [-0.2, -0.15) is 10.2 Å². The number of aromatic nitrogens is 4. The van der Waals surface area contributed by atoms with E-state index >= 15 is 0 Å². The lowest BCUT2D eigenvalue weighted by Crippen LogP contribution is -2.42. The van der Waals surface area contributed by atoms with E-state index in [-0.39, 0.29) is 12.0 Å². The number of nitrogens with one attached hydrogen (secondary N) is 1. The van der Waals surface area contributed by atoms with Crippen molar-refractivity contribution in [3.8, 4) is 5.75 Å². The van der Waals surface area contributed by atoms with Gasteiger partial charge in [-0.05, 0) is 25.1 Å². The first-order valence-corrected chi connectivity index (χ1v) is 10.2. The Balaban J connectivity index is 1.35. The van der Waals surface area contributed by atoms with E-state index < -0.39 is 0 Å². The maximum atomic E-state index is 12.9. The summed E-state index contributed by atoms with van der Waals surface area (Å²) in [4.78, 5) is 14.7. The molecule has 9 heteroatoms. The quantitative estimate of drug-likeness (QED) is 0.651. The van der Waals surface area contributed by atoms with Gasteiger partial charge in [0, 0.05) is 31.4 Å². The Labute approximate surface area is 179 Å². The molecule has 1 fully saturated rings. The van der Waals surface area contributed by atoms with Crippen LogP contribution in [-0.4, -0.2) is 57.1 Å². The van der Waals surface area contributed by atoms with Gasteiger partial charge in [0.25, 0.3) is 5.91 Å². The Morgan fingerprint density at radius 3 is 3.00 bits per heavy atom. The third-order valence-corrected chi connectivity index (χ3v) is 5.58. The number of rotatable bonds is 6. The van der Waals surface area contributed by atoms with Crippen LogP contribution in [0.3, 0.4) is 0 Å². The average Bonchev–Trinajstić information content (AvgIpc) is 3.36. The van der Waals surface area contributed by atoms with Gasteiger partial charge in [0.05, 0.1) is 42.2 Å². The molecule has 1 aliphatic rings. The lowest BCUT2D eigenvalue weighted by molar-refractivity contribution is -0.0247. The molecule has 0 saturated carbocycles. The molecule has 2 aromatic heterocycles. The fourth-order valence-corrected chi connectivity index (χ4v) is 3.59. The first kappa shape index (κ1) is 20.4. The molecule has 0 radical (unpaired) electrons. The number of benzene rings is 1. The van der Waals surface area contributed by atoms with Gasteiger partial charge in [-0.1, -0.05) is 23.7 Å². The van der Waals surface area contributed by atoms with Crippen LogP contribution in [0, 0.1) is 6.92 Å². The summed E-state index contributed by atoms with van der Waals surface area (Å²) in [6, 6.07) is 9.35. The van der Waals surface area contributed by atoms with E-state index in [1.165, 1.54) is 0 Å². The topological polar surface area (TPSA) is 85.3 Å². The summed E-state index contributed by atoms with van der Waals surface area (Å²) in [6.45, 7) is 3.83. The standard InChI is InChI=1S/C21H24ClN5O3/c1-14-16(12-23-26(14)2)21(28)27-8-10-30-20(13-27)18-11-15(24-25-18)7-9-29-19-6-4-3-5-17(19)22/h3-6,11-12,20H,7-10,13H2,1-2H3,(H,24,25). The molecule has 3 heterocycles. The van der Waals surface area contributed by atoms with Gasteiger partial charge in [0.1, 0.15) is 11.9 Å². The van der Waals surface area contributed by atoms with Crippen LogP contribution in [0.1, 0.15) is 33.5 Å². The van der Waals surface area contributed by atoms with Gasteiger partial charge in [0.15, 0.2) is 0 Å². The van der Waals surface area contributed by atoms with Crippen molar-refractivity contribution in [3.63, 3.8) is 0 Å². The van der Waals surface area contributed by atoms with Gasteiger partial charge >= 0.3 is 0 Å². The van der Waals surface area contributed by atoms with Crippen LogP contribution in [0.25, 0.3) is 0 Å². The van der Waals surface area contributed by atoms with Crippen LogP contribution >= 0.6 is 11.6 Å². The lowest BCUT2D eigenvalue weighted by atomic mass is 10.1. The van der Waals surface area contributed by atoms with E-state index in [0.717, 1.165) is 17.1 Å². The molecule has 1 aromatic carbocycles. The number of ether oxygens (including phenoxy) is 2. The number of carbonyl (C=O) groups excluding carboxylic acids is 1. The summed E-state index contributed by atoms with van der Waals surface area (Å²) in [5.74, 6) is 0.632. The van der Waals surface area contributed by atoms with Gasteiger partial charge in [0.2, 0.25) is 0 Å².